The number of aromatic nitrogens is 7. The minimum absolute atomic E-state index is 0.00497. The molecule has 0 saturated carbocycles. The number of rotatable bonds is 6. The number of hydrogen-bond donors (Lipinski definition) is 3. The van der Waals surface area contributed by atoms with Crippen LogP contribution in [0.5, 0.6) is 5.75 Å². The molecular weight excluding hydrogens is 391 g/mol. The van der Waals surface area contributed by atoms with Crippen LogP contribution in [0.3, 0.4) is 0 Å². The standard InChI is InChI=1S/C19H21FN8O2/c1-4-5-6-28-15(16(29)10(3)26-28)19-23-18(24-25-19)12-11-7-22-9(2)8-27(11)14(13(12)20)17(21)30/h7-8,29H,4-6H2,1-3H3,(H2,21,30)(H,23,24,25). The van der Waals surface area contributed by atoms with Crippen LogP contribution in [0.15, 0.2) is 12.4 Å². The molecule has 0 fully saturated rings. The molecule has 0 aliphatic rings. The zero-order valence-electron chi connectivity index (χ0n) is 16.8. The van der Waals surface area contributed by atoms with Gasteiger partial charge in [0.2, 0.25) is 0 Å². The van der Waals surface area contributed by atoms with Gasteiger partial charge in [-0.15, -0.1) is 0 Å². The van der Waals surface area contributed by atoms with Crippen molar-refractivity contribution in [3.8, 4) is 28.7 Å². The SMILES string of the molecule is CCCCn1nc(C)c(O)c1-c1nc(-c2c(F)c(C(N)=O)n3cc(C)ncc23)n[nH]1. The number of aryl methyl sites for hydroxylation is 3. The highest BCUT2D eigenvalue weighted by Gasteiger charge is 2.27. The van der Waals surface area contributed by atoms with Crippen molar-refractivity contribution in [3.63, 3.8) is 0 Å². The summed E-state index contributed by atoms with van der Waals surface area (Å²) < 4.78 is 18.2. The van der Waals surface area contributed by atoms with Gasteiger partial charge in [0.1, 0.15) is 17.1 Å². The average molecular weight is 412 g/mol. The maximum Gasteiger partial charge on any atom is 0.268 e. The van der Waals surface area contributed by atoms with E-state index in [1.807, 2.05) is 0 Å². The van der Waals surface area contributed by atoms with Gasteiger partial charge < -0.3 is 15.2 Å². The minimum Gasteiger partial charge on any atom is -0.504 e. The lowest BCUT2D eigenvalue weighted by molar-refractivity contribution is 0.0991. The summed E-state index contributed by atoms with van der Waals surface area (Å²) in [6, 6.07) is 0. The van der Waals surface area contributed by atoms with Crippen molar-refractivity contribution >= 4 is 11.4 Å². The van der Waals surface area contributed by atoms with E-state index in [1.165, 1.54) is 16.8 Å². The van der Waals surface area contributed by atoms with Gasteiger partial charge in [-0.25, -0.2) is 9.37 Å². The van der Waals surface area contributed by atoms with E-state index in [4.69, 9.17) is 5.73 Å². The van der Waals surface area contributed by atoms with Crippen molar-refractivity contribution in [2.75, 3.05) is 0 Å². The Bertz CT molecular complexity index is 1270. The number of primary amides is 1. The summed E-state index contributed by atoms with van der Waals surface area (Å²) in [7, 11) is 0. The maximum atomic E-state index is 15.2. The van der Waals surface area contributed by atoms with Crippen molar-refractivity contribution in [2.24, 2.45) is 5.73 Å². The molecule has 0 atom stereocenters. The van der Waals surface area contributed by atoms with Gasteiger partial charge in [-0.2, -0.15) is 10.2 Å². The fraction of sp³-hybridized carbons (Fsp3) is 0.316. The van der Waals surface area contributed by atoms with Crippen molar-refractivity contribution in [1.29, 1.82) is 0 Å². The molecule has 4 aromatic rings. The van der Waals surface area contributed by atoms with E-state index < -0.39 is 11.7 Å². The summed E-state index contributed by atoms with van der Waals surface area (Å²) in [5.74, 6) is -1.52. The summed E-state index contributed by atoms with van der Waals surface area (Å²) >= 11 is 0. The van der Waals surface area contributed by atoms with Crippen LogP contribution in [0.25, 0.3) is 28.4 Å². The highest BCUT2D eigenvalue weighted by molar-refractivity contribution is 5.97. The molecule has 11 heteroatoms. The Kier molecular flexibility index (Phi) is 4.72. The Hall–Kier alpha value is -3.76. The van der Waals surface area contributed by atoms with Gasteiger partial charge in [-0.3, -0.25) is 19.6 Å². The Morgan fingerprint density at radius 3 is 2.83 bits per heavy atom. The van der Waals surface area contributed by atoms with Crippen molar-refractivity contribution in [1.82, 2.24) is 34.3 Å². The largest absolute Gasteiger partial charge is 0.504 e. The van der Waals surface area contributed by atoms with Crippen LogP contribution >= 0.6 is 0 Å². The average Bonchev–Trinajstić information content (AvgIpc) is 3.34. The molecule has 4 rings (SSSR count). The van der Waals surface area contributed by atoms with E-state index in [9.17, 15) is 9.90 Å². The highest BCUT2D eigenvalue weighted by atomic mass is 19.1. The lowest BCUT2D eigenvalue weighted by Gasteiger charge is -2.04. The number of unbranched alkanes of at least 4 members (excludes halogenated alkanes) is 1. The third kappa shape index (κ3) is 2.98. The smallest absolute Gasteiger partial charge is 0.268 e. The second kappa shape index (κ2) is 7.25. The first-order chi connectivity index (χ1) is 14.3. The Balaban J connectivity index is 1.88. The molecule has 156 valence electrons. The zero-order valence-corrected chi connectivity index (χ0v) is 16.8. The molecular formula is C19H21FN8O2. The van der Waals surface area contributed by atoms with E-state index in [0.29, 0.717) is 29.1 Å². The van der Waals surface area contributed by atoms with Crippen LogP contribution in [-0.4, -0.2) is 45.4 Å². The number of fused-ring (bicyclic) bond motifs is 1. The third-order valence-corrected chi connectivity index (χ3v) is 4.88. The maximum absolute atomic E-state index is 15.2. The van der Waals surface area contributed by atoms with Crippen molar-refractivity contribution in [2.45, 2.75) is 40.2 Å². The number of aromatic hydroxyl groups is 1. The molecule has 30 heavy (non-hydrogen) atoms. The summed E-state index contributed by atoms with van der Waals surface area (Å²) in [6.45, 7) is 6.04. The van der Waals surface area contributed by atoms with E-state index in [1.54, 1.807) is 18.5 Å². The van der Waals surface area contributed by atoms with Crippen LogP contribution < -0.4 is 5.73 Å². The molecule has 0 bridgehead atoms. The van der Waals surface area contributed by atoms with Gasteiger partial charge in [-0.1, -0.05) is 13.3 Å². The monoisotopic (exact) mass is 412 g/mol. The highest BCUT2D eigenvalue weighted by Crippen LogP contribution is 2.34. The second-order valence-electron chi connectivity index (χ2n) is 7.05. The molecule has 4 heterocycles. The summed E-state index contributed by atoms with van der Waals surface area (Å²) in [5, 5.41) is 21.7. The molecule has 0 saturated heterocycles. The van der Waals surface area contributed by atoms with Gasteiger partial charge in [0.15, 0.2) is 23.2 Å². The number of carbonyl (C=O) groups is 1. The summed E-state index contributed by atoms with van der Waals surface area (Å²) in [6.07, 6.45) is 4.76. The lowest BCUT2D eigenvalue weighted by atomic mass is 10.2. The number of nitrogens with one attached hydrogen (secondary N) is 1. The number of H-pyrrole nitrogens is 1. The fourth-order valence-corrected chi connectivity index (χ4v) is 3.42. The molecule has 4 aromatic heterocycles. The second-order valence-corrected chi connectivity index (χ2v) is 7.05. The molecule has 0 aliphatic heterocycles. The van der Waals surface area contributed by atoms with Crippen LogP contribution in [0.1, 0.15) is 41.6 Å². The lowest BCUT2D eigenvalue weighted by Crippen LogP contribution is -2.15. The quantitative estimate of drug-likeness (QED) is 0.444. The van der Waals surface area contributed by atoms with E-state index in [2.05, 4.69) is 32.2 Å². The minimum atomic E-state index is -0.916. The molecule has 10 nitrogen and oxygen atoms in total. The number of amides is 1. The number of aromatic amines is 1. The number of hydrogen-bond acceptors (Lipinski definition) is 6. The first-order valence-electron chi connectivity index (χ1n) is 9.48. The summed E-state index contributed by atoms with van der Waals surface area (Å²) in [5.41, 5.74) is 6.80. The normalized spacial score (nSPS) is 11.5. The topological polar surface area (TPSA) is 140 Å². The van der Waals surface area contributed by atoms with Gasteiger partial charge in [-0.05, 0) is 20.3 Å². The number of carbonyl (C=O) groups excluding carboxylic acids is 1. The molecule has 0 radical (unpaired) electrons. The van der Waals surface area contributed by atoms with E-state index in [-0.39, 0.29) is 28.7 Å². The molecule has 0 aromatic carbocycles. The number of halogens is 1. The van der Waals surface area contributed by atoms with Gasteiger partial charge in [0.25, 0.3) is 5.91 Å². The first-order valence-corrected chi connectivity index (χ1v) is 9.48. The predicted octanol–water partition coefficient (Wildman–Crippen LogP) is 2.34. The van der Waals surface area contributed by atoms with Crippen molar-refractivity contribution < 1.29 is 14.3 Å². The zero-order chi connectivity index (χ0) is 21.6. The Morgan fingerprint density at radius 2 is 2.13 bits per heavy atom. The van der Waals surface area contributed by atoms with Crippen LogP contribution in [0.2, 0.25) is 0 Å². The predicted molar refractivity (Wildman–Crippen MR) is 106 cm³/mol. The third-order valence-electron chi connectivity index (χ3n) is 4.88. The van der Waals surface area contributed by atoms with E-state index >= 15 is 4.39 Å². The van der Waals surface area contributed by atoms with Gasteiger partial charge >= 0.3 is 0 Å². The van der Waals surface area contributed by atoms with Gasteiger partial charge in [0.05, 0.1) is 23.0 Å². The van der Waals surface area contributed by atoms with Crippen LogP contribution in [0.4, 0.5) is 4.39 Å². The fourth-order valence-electron chi connectivity index (χ4n) is 3.42. The number of nitrogens with zero attached hydrogens (tertiary/aromatic N) is 6. The summed E-state index contributed by atoms with van der Waals surface area (Å²) in [4.78, 5) is 20.4. The molecule has 0 aliphatic carbocycles. The molecule has 4 N–H and O–H groups in total. The van der Waals surface area contributed by atoms with Crippen LogP contribution in [0, 0.1) is 19.7 Å². The van der Waals surface area contributed by atoms with Gasteiger partial charge in [0, 0.05) is 12.7 Å². The van der Waals surface area contributed by atoms with E-state index in [0.717, 1.165) is 12.8 Å². The molecule has 0 unspecified atom stereocenters. The van der Waals surface area contributed by atoms with Crippen LogP contribution in [-0.2, 0) is 6.54 Å². The number of nitrogens with two attached hydrogens (primary N) is 1. The van der Waals surface area contributed by atoms with Crippen molar-refractivity contribution in [3.05, 3.63) is 35.3 Å². The Morgan fingerprint density at radius 1 is 1.37 bits per heavy atom. The first kappa shape index (κ1) is 19.6. The molecule has 0 spiro atoms. The molecule has 1 amide bonds. The Labute approximate surface area is 170 Å².